The summed E-state index contributed by atoms with van der Waals surface area (Å²) in [6, 6.07) is 11.2. The van der Waals surface area contributed by atoms with Crippen LogP contribution < -0.4 is 0 Å². The van der Waals surface area contributed by atoms with Crippen LogP contribution in [0.1, 0.15) is 27.8 Å². The number of nitrogens with zero attached hydrogens (tertiary/aromatic N) is 1. The quantitative estimate of drug-likeness (QED) is 0.418. The Labute approximate surface area is 186 Å². The van der Waals surface area contributed by atoms with Gasteiger partial charge in [-0.15, -0.1) is 11.8 Å². The maximum absolute atomic E-state index is 11.4. The zero-order valence-electron chi connectivity index (χ0n) is 15.8. The van der Waals surface area contributed by atoms with Crippen LogP contribution in [-0.2, 0) is 22.7 Å². The number of hydrogen-bond acceptors (Lipinski definition) is 7. The summed E-state index contributed by atoms with van der Waals surface area (Å²) in [4.78, 5) is 10.1. The number of benzene rings is 2. The molecule has 0 amide bonds. The van der Waals surface area contributed by atoms with E-state index in [0.717, 1.165) is 26.7 Å². The van der Waals surface area contributed by atoms with Gasteiger partial charge in [-0.2, -0.15) is 4.91 Å². The second kappa shape index (κ2) is 8.24. The van der Waals surface area contributed by atoms with Crippen molar-refractivity contribution in [3.63, 3.8) is 0 Å². The summed E-state index contributed by atoms with van der Waals surface area (Å²) < 4.78 is 7.14. The Kier molecular flexibility index (Phi) is 6.02. The van der Waals surface area contributed by atoms with E-state index in [1.54, 1.807) is 0 Å². The first-order valence-electron chi connectivity index (χ1n) is 9.38. The number of nitroso groups, excluding NO2 is 1. The minimum atomic E-state index is -1.31. The lowest BCUT2D eigenvalue weighted by molar-refractivity contribution is -0.0937. The summed E-state index contributed by atoms with van der Waals surface area (Å²) in [5.74, 6) is 0. The topological polar surface area (TPSA) is 99.4 Å². The van der Waals surface area contributed by atoms with Gasteiger partial charge in [-0.1, -0.05) is 41.1 Å². The fraction of sp³-hybridized carbons (Fsp3) is 0.429. The highest BCUT2D eigenvalue weighted by Gasteiger charge is 2.58. The number of fused-ring (bicyclic) bond motifs is 2. The Bertz CT molecular complexity index is 924. The third-order valence-corrected chi connectivity index (χ3v) is 8.34. The average molecular weight is 527 g/mol. The maximum atomic E-state index is 11.4. The fourth-order valence-electron chi connectivity index (χ4n) is 4.03. The molecule has 2 aliphatic heterocycles. The van der Waals surface area contributed by atoms with Crippen molar-refractivity contribution in [2.24, 2.45) is 5.18 Å². The monoisotopic (exact) mass is 527 g/mol. The highest BCUT2D eigenvalue weighted by Crippen LogP contribution is 2.55. The largest absolute Gasteiger partial charge is 0.395 e. The van der Waals surface area contributed by atoms with Crippen LogP contribution in [0.5, 0.6) is 0 Å². The fourth-order valence-corrected chi connectivity index (χ4v) is 6.30. The zero-order chi connectivity index (χ0) is 20.8. The Morgan fingerprint density at radius 1 is 1.28 bits per heavy atom. The van der Waals surface area contributed by atoms with Crippen molar-refractivity contribution in [1.29, 1.82) is 0 Å². The molecule has 2 aromatic rings. The first-order valence-corrected chi connectivity index (χ1v) is 11.3. The van der Waals surface area contributed by atoms with Gasteiger partial charge in [-0.05, 0) is 58.7 Å². The number of thioether (sulfide) groups is 1. The number of aryl methyl sites for hydroxylation is 1. The van der Waals surface area contributed by atoms with Crippen LogP contribution in [0.15, 0.2) is 41.6 Å². The van der Waals surface area contributed by atoms with E-state index in [1.807, 2.05) is 12.1 Å². The van der Waals surface area contributed by atoms with Crippen molar-refractivity contribution in [1.82, 2.24) is 0 Å². The highest BCUT2D eigenvalue weighted by molar-refractivity contribution is 14.1. The average Bonchev–Trinajstić information content (AvgIpc) is 3.05. The molecule has 0 saturated carbocycles. The molecule has 5 atom stereocenters. The van der Waals surface area contributed by atoms with Crippen LogP contribution in [0.25, 0.3) is 0 Å². The minimum absolute atomic E-state index is 0.292. The molecule has 2 heterocycles. The van der Waals surface area contributed by atoms with Gasteiger partial charge < -0.3 is 20.1 Å². The molecule has 0 bridgehead atoms. The maximum Gasteiger partial charge on any atom is 0.168 e. The normalized spacial score (nSPS) is 31.1. The van der Waals surface area contributed by atoms with E-state index in [2.05, 4.69) is 59.0 Å². The SMILES string of the molecule is Cc1ccc(Cc2cc3c(cc2I)CO[C@]32SC(CO)[C@@H](O)C(N=O)[C@H]2O)cc1. The molecule has 3 N–H and O–H groups in total. The summed E-state index contributed by atoms with van der Waals surface area (Å²) in [5.41, 5.74) is 5.19. The number of ether oxygens (including phenoxy) is 1. The lowest BCUT2D eigenvalue weighted by Gasteiger charge is -2.45. The van der Waals surface area contributed by atoms with Crippen LogP contribution in [0.4, 0.5) is 0 Å². The molecule has 0 aliphatic carbocycles. The summed E-state index contributed by atoms with van der Waals surface area (Å²) >= 11 is 3.47. The van der Waals surface area contributed by atoms with Crippen LogP contribution in [-0.4, -0.2) is 45.4 Å². The summed E-state index contributed by atoms with van der Waals surface area (Å²) in [7, 11) is 0. The molecule has 6 nitrogen and oxygen atoms in total. The van der Waals surface area contributed by atoms with E-state index < -0.39 is 28.4 Å². The molecule has 29 heavy (non-hydrogen) atoms. The van der Waals surface area contributed by atoms with Crippen molar-refractivity contribution in [2.75, 3.05) is 6.61 Å². The third-order valence-electron chi connectivity index (χ3n) is 5.68. The van der Waals surface area contributed by atoms with Gasteiger partial charge >= 0.3 is 0 Å². The van der Waals surface area contributed by atoms with Crippen LogP contribution in [0, 0.1) is 15.4 Å². The molecule has 0 aromatic heterocycles. The van der Waals surface area contributed by atoms with Crippen molar-refractivity contribution in [3.8, 4) is 0 Å². The summed E-state index contributed by atoms with van der Waals surface area (Å²) in [6.45, 7) is 2.00. The molecule has 1 saturated heterocycles. The first-order chi connectivity index (χ1) is 13.9. The number of rotatable bonds is 4. The lowest BCUT2D eigenvalue weighted by atomic mass is 9.90. The molecule has 154 valence electrons. The van der Waals surface area contributed by atoms with Gasteiger partial charge in [-0.25, -0.2) is 0 Å². The van der Waals surface area contributed by atoms with Crippen LogP contribution >= 0.6 is 34.4 Å². The molecule has 4 rings (SSSR count). The molecule has 0 radical (unpaired) electrons. The van der Waals surface area contributed by atoms with Gasteiger partial charge in [0.25, 0.3) is 0 Å². The van der Waals surface area contributed by atoms with Crippen molar-refractivity contribution < 1.29 is 20.1 Å². The Morgan fingerprint density at radius 3 is 2.66 bits per heavy atom. The number of hydrogen-bond donors (Lipinski definition) is 3. The Morgan fingerprint density at radius 2 is 2.00 bits per heavy atom. The smallest absolute Gasteiger partial charge is 0.168 e. The zero-order valence-corrected chi connectivity index (χ0v) is 18.8. The number of halogens is 1. The van der Waals surface area contributed by atoms with Crippen molar-refractivity contribution in [2.45, 2.75) is 48.4 Å². The van der Waals surface area contributed by atoms with Crippen molar-refractivity contribution >= 4 is 34.4 Å². The predicted molar refractivity (Wildman–Crippen MR) is 120 cm³/mol. The lowest BCUT2D eigenvalue weighted by Crippen LogP contribution is -2.57. The van der Waals surface area contributed by atoms with E-state index >= 15 is 0 Å². The van der Waals surface area contributed by atoms with Gasteiger partial charge in [0.1, 0.15) is 12.1 Å². The molecule has 2 aromatic carbocycles. The third kappa shape index (κ3) is 3.64. The van der Waals surface area contributed by atoms with E-state index in [4.69, 9.17) is 4.74 Å². The number of aliphatic hydroxyl groups excluding tert-OH is 3. The van der Waals surface area contributed by atoms with Crippen molar-refractivity contribution in [3.05, 3.63) is 72.7 Å². The Hall–Kier alpha value is -1.04. The van der Waals surface area contributed by atoms with E-state index in [0.29, 0.717) is 6.61 Å². The van der Waals surface area contributed by atoms with Gasteiger partial charge in [0, 0.05) is 9.13 Å². The molecular weight excluding hydrogens is 505 g/mol. The second-order valence-electron chi connectivity index (χ2n) is 7.59. The molecule has 2 unspecified atom stereocenters. The van der Waals surface area contributed by atoms with E-state index in [1.165, 1.54) is 22.9 Å². The minimum Gasteiger partial charge on any atom is -0.395 e. The van der Waals surface area contributed by atoms with Crippen LogP contribution in [0.2, 0.25) is 0 Å². The molecule has 8 heteroatoms. The molecule has 2 aliphatic rings. The molecule has 1 fully saturated rings. The molecular formula is C21H22INO5S. The van der Waals surface area contributed by atoms with Gasteiger partial charge in [0.2, 0.25) is 0 Å². The molecule has 1 spiro atoms. The van der Waals surface area contributed by atoms with Gasteiger partial charge in [0.15, 0.2) is 4.93 Å². The summed E-state index contributed by atoms with van der Waals surface area (Å²) in [6.07, 6.45) is -1.81. The predicted octanol–water partition coefficient (Wildman–Crippen LogP) is 2.84. The van der Waals surface area contributed by atoms with Gasteiger partial charge in [0.05, 0.1) is 24.6 Å². The van der Waals surface area contributed by atoms with Gasteiger partial charge in [-0.3, -0.25) is 0 Å². The van der Waals surface area contributed by atoms with Crippen LogP contribution in [0.3, 0.4) is 0 Å². The first kappa shape index (κ1) is 21.2. The summed E-state index contributed by atoms with van der Waals surface area (Å²) in [5, 5.41) is 33.3. The Balaban J connectivity index is 1.75. The highest BCUT2D eigenvalue weighted by atomic mass is 127. The van der Waals surface area contributed by atoms with E-state index in [-0.39, 0.29) is 6.61 Å². The standard InChI is InChI=1S/C21H22INO5S/c1-11-2-4-12(5-3-11)6-13-7-15-14(8-16(13)22)10-28-21(15)20(26)18(23-27)19(25)17(9-24)29-21/h2-5,7-8,17-20,24-26H,6,9-10H2,1H3/t17?,18?,19-,20-,21+/m1/s1. The second-order valence-corrected chi connectivity index (χ2v) is 10.2. The number of aliphatic hydroxyl groups is 3. The van der Waals surface area contributed by atoms with E-state index in [9.17, 15) is 20.2 Å².